The molecule has 0 bridgehead atoms. The lowest BCUT2D eigenvalue weighted by Crippen LogP contribution is -2.41. The van der Waals surface area contributed by atoms with Crippen LogP contribution in [0.5, 0.6) is 0 Å². The van der Waals surface area contributed by atoms with Crippen LogP contribution in [0, 0.1) is 0 Å². The van der Waals surface area contributed by atoms with Crippen molar-refractivity contribution in [2.75, 3.05) is 13.2 Å². The van der Waals surface area contributed by atoms with Crippen molar-refractivity contribution in [3.63, 3.8) is 0 Å². The first-order valence-corrected chi connectivity index (χ1v) is 3.89. The van der Waals surface area contributed by atoms with Crippen LogP contribution < -0.4 is 5.32 Å². The highest BCUT2D eigenvalue weighted by molar-refractivity contribution is 4.89. The summed E-state index contributed by atoms with van der Waals surface area (Å²) in [6.07, 6.45) is 1.08. The zero-order chi connectivity index (χ0) is 8.32. The number of nitrogens with one attached hydrogen (secondary N) is 1. The van der Waals surface area contributed by atoms with Crippen LogP contribution in [0.2, 0.25) is 0 Å². The lowest BCUT2D eigenvalue weighted by atomic mass is 10.2. The maximum absolute atomic E-state index is 12.8. The predicted molar refractivity (Wildman–Crippen MR) is 37.7 cm³/mol. The first-order valence-electron chi connectivity index (χ1n) is 3.89. The van der Waals surface area contributed by atoms with E-state index in [4.69, 9.17) is 5.11 Å². The third kappa shape index (κ3) is 2.10. The van der Waals surface area contributed by atoms with Crippen molar-refractivity contribution in [3.8, 4) is 0 Å². The van der Waals surface area contributed by atoms with Crippen molar-refractivity contribution >= 4 is 0 Å². The van der Waals surface area contributed by atoms with Crippen LogP contribution in [-0.4, -0.2) is 30.2 Å². The van der Waals surface area contributed by atoms with E-state index in [0.717, 1.165) is 0 Å². The Hall–Kier alpha value is -0.220. The molecule has 1 fully saturated rings. The van der Waals surface area contributed by atoms with Gasteiger partial charge in [0.2, 0.25) is 0 Å². The third-order valence-electron chi connectivity index (χ3n) is 2.02. The van der Waals surface area contributed by atoms with Crippen LogP contribution in [-0.2, 0) is 0 Å². The summed E-state index contributed by atoms with van der Waals surface area (Å²) < 4.78 is 25.6. The summed E-state index contributed by atoms with van der Waals surface area (Å²) in [5.41, 5.74) is 0. The summed E-state index contributed by atoms with van der Waals surface area (Å²) in [6.45, 7) is 0.187. The predicted octanol–water partition coefficient (Wildman–Crippen LogP) is 0.756. The van der Waals surface area contributed by atoms with E-state index in [-0.39, 0.29) is 19.6 Å². The minimum absolute atomic E-state index is 0.0178. The fourth-order valence-electron chi connectivity index (χ4n) is 1.42. The van der Waals surface area contributed by atoms with Gasteiger partial charge >= 0.3 is 0 Å². The topological polar surface area (TPSA) is 32.3 Å². The van der Waals surface area contributed by atoms with Crippen molar-refractivity contribution in [1.29, 1.82) is 0 Å². The highest BCUT2D eigenvalue weighted by Crippen LogP contribution is 2.34. The zero-order valence-electron chi connectivity index (χ0n) is 6.32. The van der Waals surface area contributed by atoms with Crippen molar-refractivity contribution in [3.05, 3.63) is 0 Å². The van der Waals surface area contributed by atoms with Gasteiger partial charge in [0, 0.05) is 13.0 Å². The van der Waals surface area contributed by atoms with Gasteiger partial charge in [-0.3, -0.25) is 0 Å². The Bertz CT molecular complexity index is 130. The van der Waals surface area contributed by atoms with Gasteiger partial charge in [-0.25, -0.2) is 8.78 Å². The van der Waals surface area contributed by atoms with Crippen molar-refractivity contribution in [1.82, 2.24) is 5.32 Å². The molecule has 11 heavy (non-hydrogen) atoms. The molecule has 0 aliphatic heterocycles. The molecule has 0 aromatic carbocycles. The second-order valence-electron chi connectivity index (χ2n) is 2.88. The van der Waals surface area contributed by atoms with Crippen LogP contribution in [0.3, 0.4) is 0 Å². The van der Waals surface area contributed by atoms with Crippen LogP contribution in [0.4, 0.5) is 8.78 Å². The number of hydrogen-bond donors (Lipinski definition) is 2. The Balaban J connectivity index is 2.32. The summed E-state index contributed by atoms with van der Waals surface area (Å²) in [4.78, 5) is 0. The van der Waals surface area contributed by atoms with E-state index in [9.17, 15) is 8.78 Å². The van der Waals surface area contributed by atoms with E-state index >= 15 is 0 Å². The van der Waals surface area contributed by atoms with Gasteiger partial charge in [-0.15, -0.1) is 0 Å². The first kappa shape index (κ1) is 8.87. The van der Waals surface area contributed by atoms with Gasteiger partial charge in [0.05, 0.1) is 12.6 Å². The third-order valence-corrected chi connectivity index (χ3v) is 2.02. The fourth-order valence-corrected chi connectivity index (χ4v) is 1.42. The number of halogens is 2. The average Bonchev–Trinajstić information content (AvgIpc) is 2.25. The average molecular weight is 165 g/mol. The molecule has 0 aromatic rings. The van der Waals surface area contributed by atoms with Crippen LogP contribution in [0.1, 0.15) is 19.3 Å². The summed E-state index contributed by atoms with van der Waals surface area (Å²) in [6, 6.07) is -0.713. The van der Waals surface area contributed by atoms with Crippen molar-refractivity contribution in [2.45, 2.75) is 31.2 Å². The quantitative estimate of drug-likeness (QED) is 0.647. The Kier molecular flexibility index (Phi) is 2.78. The largest absolute Gasteiger partial charge is 0.395 e. The first-order chi connectivity index (χ1) is 5.17. The molecule has 1 aliphatic rings. The van der Waals surface area contributed by atoms with Gasteiger partial charge in [0.25, 0.3) is 5.92 Å². The monoisotopic (exact) mass is 165 g/mol. The van der Waals surface area contributed by atoms with Crippen LogP contribution in [0.15, 0.2) is 0 Å². The Morgan fingerprint density at radius 2 is 2.27 bits per heavy atom. The van der Waals surface area contributed by atoms with Gasteiger partial charge < -0.3 is 10.4 Å². The number of rotatable bonds is 3. The van der Waals surface area contributed by atoms with E-state index in [1.54, 1.807) is 0 Å². The fraction of sp³-hybridized carbons (Fsp3) is 1.00. The summed E-state index contributed by atoms with van der Waals surface area (Å²) >= 11 is 0. The van der Waals surface area contributed by atoms with E-state index in [1.165, 1.54) is 0 Å². The van der Waals surface area contributed by atoms with Gasteiger partial charge in [-0.05, 0) is 12.8 Å². The summed E-state index contributed by atoms with van der Waals surface area (Å²) in [5, 5.41) is 11.0. The number of aliphatic hydroxyl groups is 1. The zero-order valence-corrected chi connectivity index (χ0v) is 6.32. The van der Waals surface area contributed by atoms with E-state index in [1.807, 2.05) is 0 Å². The Morgan fingerprint density at radius 3 is 2.73 bits per heavy atom. The molecule has 2 N–H and O–H groups in total. The maximum Gasteiger partial charge on any atom is 0.263 e. The van der Waals surface area contributed by atoms with Crippen molar-refractivity contribution in [2.24, 2.45) is 0 Å². The highest BCUT2D eigenvalue weighted by atomic mass is 19.3. The summed E-state index contributed by atoms with van der Waals surface area (Å²) in [5.74, 6) is -2.56. The lowest BCUT2D eigenvalue weighted by Gasteiger charge is -2.19. The lowest BCUT2D eigenvalue weighted by molar-refractivity contribution is -0.0185. The van der Waals surface area contributed by atoms with E-state index < -0.39 is 12.0 Å². The molecular weight excluding hydrogens is 152 g/mol. The molecule has 0 spiro atoms. The highest BCUT2D eigenvalue weighted by Gasteiger charge is 2.43. The summed E-state index contributed by atoms with van der Waals surface area (Å²) in [7, 11) is 0. The maximum atomic E-state index is 12.8. The minimum Gasteiger partial charge on any atom is -0.395 e. The normalized spacial score (nSPS) is 29.2. The molecule has 1 aliphatic carbocycles. The molecule has 1 atom stereocenters. The number of hydrogen-bond acceptors (Lipinski definition) is 2. The molecule has 1 unspecified atom stereocenters. The van der Waals surface area contributed by atoms with E-state index in [2.05, 4.69) is 5.32 Å². The standard InChI is InChI=1S/C7H13F2NO/c8-7(9)3-1-2-6(7)10-4-5-11/h6,10-11H,1-5H2. The van der Waals surface area contributed by atoms with Crippen molar-refractivity contribution < 1.29 is 13.9 Å². The van der Waals surface area contributed by atoms with Gasteiger partial charge in [0.1, 0.15) is 0 Å². The Morgan fingerprint density at radius 1 is 1.55 bits per heavy atom. The minimum atomic E-state index is -2.56. The molecule has 1 saturated carbocycles. The Labute approximate surface area is 64.6 Å². The molecule has 0 saturated heterocycles. The molecule has 0 amide bonds. The molecule has 66 valence electrons. The van der Waals surface area contributed by atoms with Gasteiger partial charge in [-0.2, -0.15) is 0 Å². The van der Waals surface area contributed by atoms with E-state index in [0.29, 0.717) is 12.8 Å². The number of alkyl halides is 2. The molecule has 0 aromatic heterocycles. The second kappa shape index (κ2) is 3.45. The molecular formula is C7H13F2NO. The van der Waals surface area contributed by atoms with Crippen LogP contribution in [0.25, 0.3) is 0 Å². The number of aliphatic hydroxyl groups excluding tert-OH is 1. The molecule has 0 heterocycles. The van der Waals surface area contributed by atoms with Gasteiger partial charge in [-0.1, -0.05) is 0 Å². The molecule has 1 rings (SSSR count). The smallest absolute Gasteiger partial charge is 0.263 e. The van der Waals surface area contributed by atoms with Crippen LogP contribution >= 0.6 is 0 Å². The molecule has 2 nitrogen and oxygen atoms in total. The molecule has 4 heteroatoms. The SMILES string of the molecule is OCCNC1CCCC1(F)F. The second-order valence-corrected chi connectivity index (χ2v) is 2.88. The molecule has 0 radical (unpaired) electrons. The van der Waals surface area contributed by atoms with Gasteiger partial charge in [0.15, 0.2) is 0 Å².